The minimum Gasteiger partial charge on any atom is -0.391 e. The summed E-state index contributed by atoms with van der Waals surface area (Å²) in [5, 5.41) is 15.0. The van der Waals surface area contributed by atoms with Gasteiger partial charge in [0.2, 0.25) is 5.91 Å². The average molecular weight is 558 g/mol. The van der Waals surface area contributed by atoms with Gasteiger partial charge in [-0.25, -0.2) is 4.98 Å². The summed E-state index contributed by atoms with van der Waals surface area (Å²) in [7, 11) is 0. The van der Waals surface area contributed by atoms with Crippen molar-refractivity contribution in [2.45, 2.75) is 64.6 Å². The van der Waals surface area contributed by atoms with E-state index >= 15 is 0 Å². The molecule has 1 saturated heterocycles. The van der Waals surface area contributed by atoms with Gasteiger partial charge in [0.15, 0.2) is 5.78 Å². The first-order valence-electron chi connectivity index (χ1n) is 13.7. The number of amides is 1. The molecule has 40 heavy (non-hydrogen) atoms. The van der Waals surface area contributed by atoms with E-state index in [1.807, 2.05) is 57.6 Å². The normalized spacial score (nSPS) is 18.7. The van der Waals surface area contributed by atoms with Crippen LogP contribution in [0.2, 0.25) is 0 Å². The lowest BCUT2D eigenvalue weighted by Gasteiger charge is -2.30. The number of likely N-dealkylation sites (tertiary alicyclic amines) is 1. The number of rotatable bonds is 9. The maximum Gasteiger partial charge on any atom is 0.248 e. The molecular weight excluding hydrogens is 522 g/mol. The first-order chi connectivity index (χ1) is 19.2. The smallest absolute Gasteiger partial charge is 0.248 e. The predicted octanol–water partition coefficient (Wildman–Crippen LogP) is 5.30. The van der Waals surface area contributed by atoms with Crippen molar-refractivity contribution in [2.75, 3.05) is 6.54 Å². The van der Waals surface area contributed by atoms with Gasteiger partial charge < -0.3 is 10.0 Å². The van der Waals surface area contributed by atoms with Crippen molar-refractivity contribution in [3.8, 4) is 21.7 Å². The Labute approximate surface area is 238 Å². The number of aryl methyl sites for hydroxylation is 1. The van der Waals surface area contributed by atoms with Crippen LogP contribution in [-0.4, -0.2) is 60.1 Å². The molecule has 0 radical (unpaired) electrons. The molecule has 4 heterocycles. The zero-order valence-electron chi connectivity index (χ0n) is 23.3. The van der Waals surface area contributed by atoms with Gasteiger partial charge in [-0.1, -0.05) is 51.1 Å². The third-order valence-corrected chi connectivity index (χ3v) is 8.64. The van der Waals surface area contributed by atoms with Crippen LogP contribution in [0.15, 0.2) is 66.6 Å². The Kier molecular flexibility index (Phi) is 8.23. The van der Waals surface area contributed by atoms with Gasteiger partial charge in [0, 0.05) is 37.3 Å². The molecule has 0 bridgehead atoms. The zero-order valence-corrected chi connectivity index (χ0v) is 24.1. The Morgan fingerprint density at radius 2 is 1.85 bits per heavy atom. The number of aromatic nitrogens is 4. The van der Waals surface area contributed by atoms with Crippen LogP contribution in [0.25, 0.3) is 21.7 Å². The van der Waals surface area contributed by atoms with Gasteiger partial charge in [-0.05, 0) is 42.0 Å². The number of benzene rings is 1. The molecule has 1 N–H and O–H groups in total. The van der Waals surface area contributed by atoms with Crippen LogP contribution in [0.4, 0.5) is 0 Å². The number of carbonyl (C=O) groups is 2. The minimum atomic E-state index is -0.732. The van der Waals surface area contributed by atoms with E-state index in [4.69, 9.17) is 0 Å². The summed E-state index contributed by atoms with van der Waals surface area (Å²) < 4.78 is 1.66. The molecule has 1 aliphatic heterocycles. The van der Waals surface area contributed by atoms with Crippen LogP contribution in [0.1, 0.15) is 56.8 Å². The third-order valence-electron chi connectivity index (χ3n) is 7.66. The van der Waals surface area contributed by atoms with E-state index in [1.54, 1.807) is 33.3 Å². The molecule has 1 aromatic carbocycles. The summed E-state index contributed by atoms with van der Waals surface area (Å²) in [6, 6.07) is 12.7. The molecule has 9 heteroatoms. The molecule has 0 spiro atoms. The highest BCUT2D eigenvalue weighted by Gasteiger charge is 2.42. The first-order valence-corrected chi connectivity index (χ1v) is 14.6. The summed E-state index contributed by atoms with van der Waals surface area (Å²) in [4.78, 5) is 38.9. The Bertz CT molecular complexity index is 1460. The van der Waals surface area contributed by atoms with Gasteiger partial charge in [-0.15, -0.1) is 11.3 Å². The summed E-state index contributed by atoms with van der Waals surface area (Å²) in [5.41, 5.74) is 6.62. The molecule has 4 atom stereocenters. The molecule has 1 amide bonds. The highest BCUT2D eigenvalue weighted by molar-refractivity contribution is 7.13. The highest BCUT2D eigenvalue weighted by Crippen LogP contribution is 2.32. The Morgan fingerprint density at radius 1 is 1.07 bits per heavy atom. The van der Waals surface area contributed by atoms with Gasteiger partial charge >= 0.3 is 0 Å². The fourth-order valence-electron chi connectivity index (χ4n) is 5.49. The van der Waals surface area contributed by atoms with Crippen LogP contribution in [-0.2, 0) is 9.59 Å². The van der Waals surface area contributed by atoms with Crippen molar-refractivity contribution in [3.63, 3.8) is 0 Å². The second-order valence-electron chi connectivity index (χ2n) is 11.0. The van der Waals surface area contributed by atoms with Crippen LogP contribution in [0.3, 0.4) is 0 Å². The van der Waals surface area contributed by atoms with Crippen molar-refractivity contribution in [1.82, 2.24) is 24.6 Å². The largest absolute Gasteiger partial charge is 0.391 e. The molecule has 1 fully saturated rings. The number of pyridine rings is 1. The van der Waals surface area contributed by atoms with Crippen LogP contribution in [0.5, 0.6) is 0 Å². The van der Waals surface area contributed by atoms with Crippen molar-refractivity contribution in [3.05, 3.63) is 77.8 Å². The topological polar surface area (TPSA) is 101 Å². The zero-order chi connectivity index (χ0) is 28.4. The van der Waals surface area contributed by atoms with Crippen LogP contribution < -0.4 is 0 Å². The van der Waals surface area contributed by atoms with Crippen molar-refractivity contribution >= 4 is 23.0 Å². The average Bonchev–Trinajstić information content (AvgIpc) is 3.69. The molecule has 208 valence electrons. The number of aliphatic hydroxyl groups excluding tert-OH is 1. The fraction of sp³-hybridized carbons (Fsp3) is 0.387. The number of ketones is 1. The molecule has 5 rings (SSSR count). The molecular formula is C31H35N5O3S. The Morgan fingerprint density at radius 3 is 2.50 bits per heavy atom. The van der Waals surface area contributed by atoms with Crippen molar-refractivity contribution in [2.24, 2.45) is 5.92 Å². The maximum atomic E-state index is 13.9. The lowest BCUT2D eigenvalue weighted by atomic mass is 9.91. The molecule has 1 aliphatic rings. The van der Waals surface area contributed by atoms with Crippen LogP contribution >= 0.6 is 11.3 Å². The molecule has 4 aromatic rings. The van der Waals surface area contributed by atoms with Gasteiger partial charge in [0.25, 0.3) is 0 Å². The van der Waals surface area contributed by atoms with E-state index in [-0.39, 0.29) is 42.9 Å². The van der Waals surface area contributed by atoms with Gasteiger partial charge in [-0.2, -0.15) is 5.10 Å². The Hall–Kier alpha value is -3.69. The Balaban J connectivity index is 1.30. The number of nitrogens with zero attached hydrogens (tertiary/aromatic N) is 5. The second-order valence-corrected chi connectivity index (χ2v) is 11.8. The minimum absolute atomic E-state index is 0.0215. The predicted molar refractivity (Wildman–Crippen MR) is 156 cm³/mol. The van der Waals surface area contributed by atoms with E-state index in [2.05, 4.69) is 39.3 Å². The number of hydrogen-bond donors (Lipinski definition) is 1. The molecule has 0 saturated carbocycles. The van der Waals surface area contributed by atoms with E-state index in [0.717, 1.165) is 33.0 Å². The monoisotopic (exact) mass is 557 g/mol. The van der Waals surface area contributed by atoms with Gasteiger partial charge in [0.1, 0.15) is 6.04 Å². The van der Waals surface area contributed by atoms with E-state index < -0.39 is 18.2 Å². The van der Waals surface area contributed by atoms with Crippen molar-refractivity contribution < 1.29 is 14.7 Å². The standard InChI is InChI=1S/C31H35N5O3S/c1-19(2)29(36-16-24(15-34-36)26-7-5-6-12-32-26)31(39)35-17-25(37)14-27(35)28(38)13-20(3)22-8-10-23(11-9-22)30-21(4)33-18-40-30/h5-12,15-16,18-20,25,27,29,37H,13-14,17H2,1-4H3/t20-,25-,27+,29+/m1/s1. The van der Waals surface area contributed by atoms with E-state index in [0.29, 0.717) is 0 Å². The number of aliphatic hydroxyl groups is 1. The van der Waals surface area contributed by atoms with Gasteiger partial charge in [-0.3, -0.25) is 19.3 Å². The molecule has 0 aliphatic carbocycles. The number of thiazole rings is 1. The molecule has 0 unspecified atom stereocenters. The summed E-state index contributed by atoms with van der Waals surface area (Å²) in [6.45, 7) is 8.10. The molecule has 8 nitrogen and oxygen atoms in total. The quantitative estimate of drug-likeness (QED) is 0.300. The maximum absolute atomic E-state index is 13.9. The van der Waals surface area contributed by atoms with Crippen LogP contribution in [0, 0.1) is 12.8 Å². The highest BCUT2D eigenvalue weighted by atomic mass is 32.1. The van der Waals surface area contributed by atoms with Gasteiger partial charge in [0.05, 0.1) is 40.1 Å². The second kappa shape index (κ2) is 11.8. The summed E-state index contributed by atoms with van der Waals surface area (Å²) >= 11 is 1.61. The third kappa shape index (κ3) is 5.76. The van der Waals surface area contributed by atoms with Crippen molar-refractivity contribution in [1.29, 1.82) is 0 Å². The number of β-amino-alcohol motifs (C(OH)–C–C–N with tert-alkyl or cyclic N) is 1. The van der Waals surface area contributed by atoms with E-state index in [1.165, 1.54) is 0 Å². The fourth-order valence-corrected chi connectivity index (χ4v) is 6.30. The summed E-state index contributed by atoms with van der Waals surface area (Å²) in [5.74, 6) is -0.321. The number of hydrogen-bond acceptors (Lipinski definition) is 7. The number of Topliss-reactive ketones (excluding diaryl/α,β-unsaturated/α-hetero) is 1. The first kappa shape index (κ1) is 27.9. The summed E-state index contributed by atoms with van der Waals surface area (Å²) in [6.07, 6.45) is 5.06. The lowest BCUT2D eigenvalue weighted by molar-refractivity contribution is -0.142. The SMILES string of the molecule is Cc1ncsc1-c1ccc([C@H](C)CC(=O)[C@@H]2C[C@@H](O)CN2C(=O)[C@H](C(C)C)n2cc(-c3ccccn3)cn2)cc1. The van der Waals surface area contributed by atoms with E-state index in [9.17, 15) is 14.7 Å². The molecule has 3 aromatic heterocycles. The lowest BCUT2D eigenvalue weighted by Crippen LogP contribution is -2.45. The number of carbonyl (C=O) groups excluding carboxylic acids is 2.